The van der Waals surface area contributed by atoms with Gasteiger partial charge in [0.2, 0.25) is 0 Å². The number of ether oxygens (including phenoxy) is 2. The molecule has 0 aromatic heterocycles. The number of rotatable bonds is 10. The maximum atomic E-state index is 12.9. The topological polar surface area (TPSA) is 79.2 Å². The molecule has 6 heteroatoms. The number of hydrogen-bond acceptors (Lipinski definition) is 6. The van der Waals surface area contributed by atoms with Crippen molar-refractivity contribution in [3.8, 4) is 0 Å². The first-order valence-electron chi connectivity index (χ1n) is 13.6. The van der Waals surface area contributed by atoms with E-state index in [1.165, 1.54) is 0 Å². The summed E-state index contributed by atoms with van der Waals surface area (Å²) in [6.45, 7) is -0.336. The highest BCUT2D eigenvalue weighted by molar-refractivity contribution is 7.81. The Balaban J connectivity index is 1.72. The lowest BCUT2D eigenvalue weighted by Crippen LogP contribution is -2.80. The maximum Gasteiger partial charge on any atom is 0.147 e. The predicted molar refractivity (Wildman–Crippen MR) is 159 cm³/mol. The summed E-state index contributed by atoms with van der Waals surface area (Å²) in [4.78, 5) is -1.45. The SMILES string of the molecule is OC[C@H]1OC(S)(Cc2ccccc2)[C@](Cc2ccccc2)(OCc2ccccc2)[C@](O)(Cc2ccccc2)[C@H]1O. The first-order chi connectivity index (χ1) is 19.4. The Kier molecular flexibility index (Phi) is 8.76. The van der Waals surface area contributed by atoms with E-state index in [1.54, 1.807) is 0 Å². The Morgan fingerprint density at radius 1 is 0.650 bits per heavy atom. The summed E-state index contributed by atoms with van der Waals surface area (Å²) in [7, 11) is 0. The van der Waals surface area contributed by atoms with E-state index in [2.05, 4.69) is 0 Å². The molecule has 1 aliphatic heterocycles. The van der Waals surface area contributed by atoms with Gasteiger partial charge in [-0.25, -0.2) is 0 Å². The zero-order valence-corrected chi connectivity index (χ0v) is 23.2. The van der Waals surface area contributed by atoms with Gasteiger partial charge in [-0.1, -0.05) is 121 Å². The van der Waals surface area contributed by atoms with Crippen molar-refractivity contribution in [2.24, 2.45) is 0 Å². The molecule has 1 fully saturated rings. The second-order valence-electron chi connectivity index (χ2n) is 10.6. The number of hydrogen-bond donors (Lipinski definition) is 4. The van der Waals surface area contributed by atoms with Crippen molar-refractivity contribution in [1.29, 1.82) is 0 Å². The molecule has 1 heterocycles. The lowest BCUT2D eigenvalue weighted by molar-refractivity contribution is -0.345. The molecule has 1 saturated heterocycles. The fraction of sp³-hybridized carbons (Fsp3) is 0.294. The Bertz CT molecular complexity index is 1340. The van der Waals surface area contributed by atoms with E-state index in [1.807, 2.05) is 121 Å². The minimum atomic E-state index is -1.90. The quantitative estimate of drug-likeness (QED) is 0.212. The number of aliphatic hydroxyl groups excluding tert-OH is 2. The monoisotopic (exact) mass is 556 g/mol. The lowest BCUT2D eigenvalue weighted by atomic mass is 9.64. The van der Waals surface area contributed by atoms with Gasteiger partial charge in [-0.2, -0.15) is 0 Å². The van der Waals surface area contributed by atoms with Gasteiger partial charge in [0, 0.05) is 19.3 Å². The maximum absolute atomic E-state index is 12.9. The minimum Gasteiger partial charge on any atom is -0.394 e. The summed E-state index contributed by atoms with van der Waals surface area (Å²) >= 11 is 5.22. The molecule has 0 saturated carbocycles. The van der Waals surface area contributed by atoms with Crippen molar-refractivity contribution < 1.29 is 24.8 Å². The highest BCUT2D eigenvalue weighted by Crippen LogP contribution is 2.54. The van der Waals surface area contributed by atoms with E-state index in [-0.39, 0.29) is 25.9 Å². The first kappa shape index (κ1) is 28.6. The van der Waals surface area contributed by atoms with Gasteiger partial charge in [0.1, 0.15) is 28.3 Å². The summed E-state index contributed by atoms with van der Waals surface area (Å²) in [6, 6.07) is 38.8. The fourth-order valence-electron chi connectivity index (χ4n) is 5.89. The molecule has 1 unspecified atom stereocenters. The molecular formula is C34H36O5S. The van der Waals surface area contributed by atoms with Gasteiger partial charge in [0.05, 0.1) is 13.2 Å². The van der Waals surface area contributed by atoms with Crippen LogP contribution in [0, 0.1) is 0 Å². The summed E-state index contributed by atoms with van der Waals surface area (Å²) in [5, 5.41) is 35.1. The van der Waals surface area contributed by atoms with Crippen molar-refractivity contribution in [3.63, 3.8) is 0 Å². The van der Waals surface area contributed by atoms with Crippen molar-refractivity contribution in [3.05, 3.63) is 144 Å². The smallest absolute Gasteiger partial charge is 0.147 e. The molecule has 208 valence electrons. The fourth-order valence-corrected chi connectivity index (χ4v) is 6.54. The predicted octanol–water partition coefficient (Wildman–Crippen LogP) is 4.78. The highest BCUT2D eigenvalue weighted by Gasteiger charge is 2.71. The first-order valence-corrected chi connectivity index (χ1v) is 14.0. The van der Waals surface area contributed by atoms with Gasteiger partial charge in [0.15, 0.2) is 0 Å². The summed E-state index contributed by atoms with van der Waals surface area (Å²) < 4.78 is 13.4. The van der Waals surface area contributed by atoms with E-state index < -0.39 is 34.9 Å². The van der Waals surface area contributed by atoms with Crippen LogP contribution in [-0.2, 0) is 35.3 Å². The zero-order valence-electron chi connectivity index (χ0n) is 22.3. The van der Waals surface area contributed by atoms with Gasteiger partial charge in [-0.15, -0.1) is 12.6 Å². The molecule has 5 atom stereocenters. The molecule has 0 amide bonds. The standard InChI is InChI=1S/C34H36O5S/c35-24-30-31(36)32(37,21-26-13-5-1-6-14-26)33(22-27-15-7-2-8-16-27,38-25-29-19-11-4-12-20-29)34(40,39-30)23-28-17-9-3-10-18-28/h1-20,30-31,35-37,40H,21-25H2/t30-,31+,32+,33-,34?/m1/s1. The number of aliphatic hydroxyl groups is 3. The van der Waals surface area contributed by atoms with Crippen LogP contribution >= 0.6 is 12.6 Å². The third kappa shape index (κ3) is 5.61. The lowest BCUT2D eigenvalue weighted by Gasteiger charge is -2.62. The highest BCUT2D eigenvalue weighted by atomic mass is 32.1. The largest absolute Gasteiger partial charge is 0.394 e. The molecule has 40 heavy (non-hydrogen) atoms. The normalized spacial score (nSPS) is 28.3. The molecule has 4 aromatic rings. The van der Waals surface area contributed by atoms with Crippen LogP contribution in [0.5, 0.6) is 0 Å². The number of thiol groups is 1. The van der Waals surface area contributed by atoms with Crippen LogP contribution in [0.4, 0.5) is 0 Å². The van der Waals surface area contributed by atoms with Crippen LogP contribution in [0.25, 0.3) is 0 Å². The van der Waals surface area contributed by atoms with Gasteiger partial charge >= 0.3 is 0 Å². The molecule has 0 bridgehead atoms. The van der Waals surface area contributed by atoms with Gasteiger partial charge in [-0.05, 0) is 22.3 Å². The van der Waals surface area contributed by atoms with Gasteiger partial charge in [0.25, 0.3) is 0 Å². The van der Waals surface area contributed by atoms with Crippen LogP contribution in [0.1, 0.15) is 22.3 Å². The Morgan fingerprint density at radius 2 is 1.07 bits per heavy atom. The molecule has 5 nitrogen and oxygen atoms in total. The Hall–Kier alpha value is -2.97. The Labute approximate surface area is 241 Å². The number of benzene rings is 4. The summed E-state index contributed by atoms with van der Waals surface area (Å²) in [5.74, 6) is 0. The van der Waals surface area contributed by atoms with E-state index in [0.717, 1.165) is 22.3 Å². The average molecular weight is 557 g/mol. The van der Waals surface area contributed by atoms with Crippen LogP contribution in [0.15, 0.2) is 121 Å². The average Bonchev–Trinajstić information content (AvgIpc) is 2.99. The second kappa shape index (κ2) is 12.3. The molecule has 1 aliphatic rings. The summed E-state index contributed by atoms with van der Waals surface area (Å²) in [5.41, 5.74) is 0.0863. The Morgan fingerprint density at radius 3 is 1.55 bits per heavy atom. The third-order valence-corrected chi connectivity index (χ3v) is 8.55. The third-order valence-electron chi connectivity index (χ3n) is 7.93. The molecule has 5 rings (SSSR count). The summed E-state index contributed by atoms with van der Waals surface area (Å²) in [6.07, 6.45) is -2.02. The second-order valence-corrected chi connectivity index (χ2v) is 11.3. The van der Waals surface area contributed by atoms with E-state index in [9.17, 15) is 15.3 Å². The van der Waals surface area contributed by atoms with Crippen molar-refractivity contribution in [1.82, 2.24) is 0 Å². The van der Waals surface area contributed by atoms with Crippen molar-refractivity contribution in [2.75, 3.05) is 6.61 Å². The van der Waals surface area contributed by atoms with Crippen LogP contribution in [0.3, 0.4) is 0 Å². The van der Waals surface area contributed by atoms with Crippen LogP contribution in [-0.4, -0.2) is 50.3 Å². The zero-order chi connectivity index (χ0) is 28.1. The van der Waals surface area contributed by atoms with E-state index in [4.69, 9.17) is 22.1 Å². The van der Waals surface area contributed by atoms with Crippen LogP contribution < -0.4 is 0 Å². The molecule has 0 radical (unpaired) electrons. The van der Waals surface area contributed by atoms with Crippen LogP contribution in [0.2, 0.25) is 0 Å². The molecule has 0 aliphatic carbocycles. The molecular weight excluding hydrogens is 520 g/mol. The van der Waals surface area contributed by atoms with Crippen molar-refractivity contribution in [2.45, 2.75) is 54.2 Å². The minimum absolute atomic E-state index is 0.0631. The van der Waals surface area contributed by atoms with Gasteiger partial charge in [-0.3, -0.25) is 0 Å². The molecule has 3 N–H and O–H groups in total. The van der Waals surface area contributed by atoms with E-state index >= 15 is 0 Å². The van der Waals surface area contributed by atoms with Crippen molar-refractivity contribution >= 4 is 12.6 Å². The van der Waals surface area contributed by atoms with Gasteiger partial charge < -0.3 is 24.8 Å². The molecule has 0 spiro atoms. The molecule has 4 aromatic carbocycles. The van der Waals surface area contributed by atoms with E-state index in [0.29, 0.717) is 0 Å².